The summed E-state index contributed by atoms with van der Waals surface area (Å²) in [7, 11) is 4.61. The standard InChI is InChI=1S/C25H24ClNO4/c1-29-21-14-17(15-22(30-2)24(21)31-3)25(28)27-13-12-16-8-4-5-9-18(16)23(27)19-10-6-7-11-20(19)26/h4-11,14-15,23H,12-13H2,1-3H3/t23-/m1/s1. The van der Waals surface area contributed by atoms with E-state index in [2.05, 4.69) is 12.1 Å². The van der Waals surface area contributed by atoms with E-state index in [0.717, 1.165) is 17.5 Å². The minimum Gasteiger partial charge on any atom is -0.493 e. The zero-order valence-electron chi connectivity index (χ0n) is 17.7. The summed E-state index contributed by atoms with van der Waals surface area (Å²) in [6, 6.07) is 19.0. The third-order valence-electron chi connectivity index (χ3n) is 5.66. The van der Waals surface area contributed by atoms with Crippen LogP contribution in [0.2, 0.25) is 5.02 Å². The Bertz CT molecular complexity index is 1090. The van der Waals surface area contributed by atoms with E-state index in [1.807, 2.05) is 41.3 Å². The van der Waals surface area contributed by atoms with Gasteiger partial charge in [-0.15, -0.1) is 0 Å². The van der Waals surface area contributed by atoms with Crippen LogP contribution in [0, 0.1) is 0 Å². The van der Waals surface area contributed by atoms with Crippen LogP contribution in [-0.2, 0) is 6.42 Å². The molecule has 160 valence electrons. The molecule has 1 amide bonds. The monoisotopic (exact) mass is 437 g/mol. The highest BCUT2D eigenvalue weighted by molar-refractivity contribution is 6.31. The van der Waals surface area contributed by atoms with Crippen molar-refractivity contribution in [3.8, 4) is 17.2 Å². The fourth-order valence-corrected chi connectivity index (χ4v) is 4.43. The van der Waals surface area contributed by atoms with Crippen molar-refractivity contribution in [2.75, 3.05) is 27.9 Å². The summed E-state index contributed by atoms with van der Waals surface area (Å²) in [6.07, 6.45) is 0.771. The van der Waals surface area contributed by atoms with Crippen molar-refractivity contribution < 1.29 is 19.0 Å². The molecule has 0 N–H and O–H groups in total. The lowest BCUT2D eigenvalue weighted by molar-refractivity contribution is 0.0694. The molecule has 1 heterocycles. The second kappa shape index (κ2) is 8.90. The average molecular weight is 438 g/mol. The Morgan fingerprint density at radius 2 is 1.52 bits per heavy atom. The van der Waals surface area contributed by atoms with Crippen molar-refractivity contribution in [2.24, 2.45) is 0 Å². The van der Waals surface area contributed by atoms with Crippen molar-refractivity contribution >= 4 is 17.5 Å². The summed E-state index contributed by atoms with van der Waals surface area (Å²) >= 11 is 6.58. The van der Waals surface area contributed by atoms with Crippen LogP contribution in [0.3, 0.4) is 0 Å². The molecule has 5 nitrogen and oxygen atoms in total. The molecule has 31 heavy (non-hydrogen) atoms. The molecule has 4 rings (SSSR count). The predicted molar refractivity (Wildman–Crippen MR) is 121 cm³/mol. The first-order valence-corrected chi connectivity index (χ1v) is 10.4. The largest absolute Gasteiger partial charge is 0.493 e. The lowest BCUT2D eigenvalue weighted by Crippen LogP contribution is -2.40. The van der Waals surface area contributed by atoms with Crippen LogP contribution in [0.4, 0.5) is 0 Å². The van der Waals surface area contributed by atoms with Gasteiger partial charge in [-0.3, -0.25) is 4.79 Å². The van der Waals surface area contributed by atoms with E-state index in [-0.39, 0.29) is 11.9 Å². The van der Waals surface area contributed by atoms with Crippen molar-refractivity contribution in [3.63, 3.8) is 0 Å². The van der Waals surface area contributed by atoms with Crippen LogP contribution in [0.5, 0.6) is 17.2 Å². The topological polar surface area (TPSA) is 48.0 Å². The van der Waals surface area contributed by atoms with E-state index in [1.165, 1.54) is 26.9 Å². The number of rotatable bonds is 5. The van der Waals surface area contributed by atoms with E-state index >= 15 is 0 Å². The first-order valence-electron chi connectivity index (χ1n) is 10.0. The molecule has 0 fully saturated rings. The SMILES string of the molecule is COc1cc(C(=O)N2CCc3ccccc3[C@@H]2c2ccccc2Cl)cc(OC)c1OC. The second-order valence-electron chi connectivity index (χ2n) is 7.29. The fourth-order valence-electron chi connectivity index (χ4n) is 4.19. The molecular formula is C25H24ClNO4. The van der Waals surface area contributed by atoms with Crippen LogP contribution in [0.15, 0.2) is 60.7 Å². The number of ether oxygens (including phenoxy) is 3. The summed E-state index contributed by atoms with van der Waals surface area (Å²) in [5, 5.41) is 0.631. The highest BCUT2D eigenvalue weighted by Gasteiger charge is 2.34. The first kappa shape index (κ1) is 21.1. The number of nitrogens with zero attached hydrogens (tertiary/aromatic N) is 1. The van der Waals surface area contributed by atoms with Crippen LogP contribution >= 0.6 is 11.6 Å². The number of benzene rings is 3. The summed E-state index contributed by atoms with van der Waals surface area (Å²) in [4.78, 5) is 15.6. The maximum absolute atomic E-state index is 13.8. The van der Waals surface area contributed by atoms with Crippen molar-refractivity contribution in [1.29, 1.82) is 0 Å². The first-order chi connectivity index (χ1) is 15.1. The average Bonchev–Trinajstić information content (AvgIpc) is 2.82. The summed E-state index contributed by atoms with van der Waals surface area (Å²) in [5.74, 6) is 1.21. The normalized spacial score (nSPS) is 15.2. The van der Waals surface area contributed by atoms with Gasteiger partial charge in [0.25, 0.3) is 5.91 Å². The Hall–Kier alpha value is -3.18. The van der Waals surface area contributed by atoms with E-state index in [0.29, 0.717) is 34.4 Å². The predicted octanol–water partition coefficient (Wildman–Crippen LogP) is 5.15. The van der Waals surface area contributed by atoms with Gasteiger partial charge in [-0.1, -0.05) is 54.1 Å². The number of fused-ring (bicyclic) bond motifs is 1. The van der Waals surface area contributed by atoms with Crippen LogP contribution in [0.1, 0.15) is 33.1 Å². The van der Waals surface area contributed by atoms with E-state index in [4.69, 9.17) is 25.8 Å². The molecule has 6 heteroatoms. The summed E-state index contributed by atoms with van der Waals surface area (Å²) in [6.45, 7) is 0.572. The number of hydrogen-bond acceptors (Lipinski definition) is 4. The molecule has 0 bridgehead atoms. The molecule has 0 radical (unpaired) electrons. The van der Waals surface area contributed by atoms with Gasteiger partial charge in [0.05, 0.1) is 27.4 Å². The smallest absolute Gasteiger partial charge is 0.254 e. The van der Waals surface area contributed by atoms with E-state index in [1.54, 1.807) is 12.1 Å². The van der Waals surface area contributed by atoms with Crippen molar-refractivity contribution in [3.05, 3.63) is 87.9 Å². The van der Waals surface area contributed by atoms with Gasteiger partial charge in [-0.05, 0) is 41.3 Å². The maximum atomic E-state index is 13.8. The molecule has 0 spiro atoms. The number of carbonyl (C=O) groups is 1. The molecule has 0 saturated carbocycles. The molecule has 0 saturated heterocycles. The van der Waals surface area contributed by atoms with Gasteiger partial charge in [-0.25, -0.2) is 0 Å². The van der Waals surface area contributed by atoms with Gasteiger partial charge in [0.2, 0.25) is 5.75 Å². The Balaban J connectivity index is 1.83. The third-order valence-corrected chi connectivity index (χ3v) is 6.00. The van der Waals surface area contributed by atoms with Crippen LogP contribution in [-0.4, -0.2) is 38.7 Å². The van der Waals surface area contributed by atoms with Gasteiger partial charge >= 0.3 is 0 Å². The Labute approximate surface area is 187 Å². The number of carbonyl (C=O) groups excluding carboxylic acids is 1. The third kappa shape index (κ3) is 3.81. The zero-order chi connectivity index (χ0) is 22.0. The quantitative estimate of drug-likeness (QED) is 0.553. The van der Waals surface area contributed by atoms with E-state index < -0.39 is 0 Å². The second-order valence-corrected chi connectivity index (χ2v) is 7.69. The summed E-state index contributed by atoms with van der Waals surface area (Å²) in [5.41, 5.74) is 3.67. The molecule has 1 atom stereocenters. The number of hydrogen-bond donors (Lipinski definition) is 0. The van der Waals surface area contributed by atoms with Gasteiger partial charge in [0.1, 0.15) is 0 Å². The summed E-state index contributed by atoms with van der Waals surface area (Å²) < 4.78 is 16.3. The molecule has 0 unspecified atom stereocenters. The minimum atomic E-state index is -0.287. The maximum Gasteiger partial charge on any atom is 0.254 e. The molecule has 0 aromatic heterocycles. The number of methoxy groups -OCH3 is 3. The zero-order valence-corrected chi connectivity index (χ0v) is 18.5. The van der Waals surface area contributed by atoms with Crippen LogP contribution < -0.4 is 14.2 Å². The molecule has 1 aliphatic heterocycles. The Morgan fingerprint density at radius 3 is 2.13 bits per heavy atom. The minimum absolute atomic E-state index is 0.126. The fraction of sp³-hybridized carbons (Fsp3) is 0.240. The van der Waals surface area contributed by atoms with Crippen molar-refractivity contribution in [2.45, 2.75) is 12.5 Å². The number of amides is 1. The molecule has 1 aliphatic rings. The lowest BCUT2D eigenvalue weighted by Gasteiger charge is -2.38. The molecule has 0 aliphatic carbocycles. The van der Waals surface area contributed by atoms with Gasteiger partial charge in [-0.2, -0.15) is 0 Å². The van der Waals surface area contributed by atoms with Gasteiger partial charge < -0.3 is 19.1 Å². The molecule has 3 aromatic rings. The highest BCUT2D eigenvalue weighted by Crippen LogP contribution is 2.42. The number of halogens is 1. The Morgan fingerprint density at radius 1 is 0.903 bits per heavy atom. The van der Waals surface area contributed by atoms with Crippen LogP contribution in [0.25, 0.3) is 0 Å². The van der Waals surface area contributed by atoms with Crippen molar-refractivity contribution in [1.82, 2.24) is 4.90 Å². The van der Waals surface area contributed by atoms with Gasteiger partial charge in [0, 0.05) is 17.1 Å². The lowest BCUT2D eigenvalue weighted by atomic mass is 9.87. The van der Waals surface area contributed by atoms with E-state index in [9.17, 15) is 4.79 Å². The Kier molecular flexibility index (Phi) is 6.05. The van der Waals surface area contributed by atoms with Gasteiger partial charge in [0.15, 0.2) is 11.5 Å². The molecular weight excluding hydrogens is 414 g/mol. The highest BCUT2D eigenvalue weighted by atomic mass is 35.5. The molecule has 3 aromatic carbocycles.